The number of piperidine rings is 1. The second-order valence-corrected chi connectivity index (χ2v) is 10.9. The molecule has 1 aromatic carbocycles. The molecule has 0 unspecified atom stereocenters. The van der Waals surface area contributed by atoms with Crippen molar-refractivity contribution in [3.8, 4) is 11.4 Å². The van der Waals surface area contributed by atoms with Crippen molar-refractivity contribution in [2.24, 2.45) is 0 Å². The molecule has 1 amide bonds. The van der Waals surface area contributed by atoms with Gasteiger partial charge in [-0.3, -0.25) is 9.69 Å². The van der Waals surface area contributed by atoms with Crippen LogP contribution in [0.1, 0.15) is 24.6 Å². The highest BCUT2D eigenvalue weighted by molar-refractivity contribution is 7.19. The van der Waals surface area contributed by atoms with Gasteiger partial charge in [-0.25, -0.2) is 9.97 Å². The smallest absolute Gasteiger partial charge is 0.219 e. The zero-order chi connectivity index (χ0) is 24.6. The number of nitrogens with zero attached hydrogens (tertiary/aromatic N) is 5. The third-order valence-corrected chi connectivity index (χ3v) is 8.64. The summed E-state index contributed by atoms with van der Waals surface area (Å²) >= 11 is 1.81. The van der Waals surface area contributed by atoms with Crippen LogP contribution in [0.5, 0.6) is 0 Å². The van der Waals surface area contributed by atoms with Crippen molar-refractivity contribution in [2.45, 2.75) is 32.4 Å². The topological polar surface area (TPSA) is 77.6 Å². The largest absolute Gasteiger partial charge is 0.378 e. The fraction of sp³-hybridized carbons (Fsp3) is 0.444. The van der Waals surface area contributed by atoms with Crippen molar-refractivity contribution < 1.29 is 9.53 Å². The van der Waals surface area contributed by atoms with Crippen LogP contribution in [0.25, 0.3) is 32.5 Å². The molecular formula is C27H32N6O2S. The first-order valence-corrected chi connectivity index (χ1v) is 13.5. The van der Waals surface area contributed by atoms with E-state index in [9.17, 15) is 4.79 Å². The zero-order valence-electron chi connectivity index (χ0n) is 20.9. The Bertz CT molecular complexity index is 1380. The molecule has 1 N–H and O–H groups in total. The van der Waals surface area contributed by atoms with Gasteiger partial charge in [-0.2, -0.15) is 0 Å². The van der Waals surface area contributed by atoms with E-state index in [0.29, 0.717) is 6.04 Å². The van der Waals surface area contributed by atoms with Crippen LogP contribution in [0.3, 0.4) is 0 Å². The lowest BCUT2D eigenvalue weighted by Gasteiger charge is -2.36. The Morgan fingerprint density at radius 2 is 1.97 bits per heavy atom. The van der Waals surface area contributed by atoms with Crippen molar-refractivity contribution in [3.05, 3.63) is 41.4 Å². The molecule has 0 saturated carbocycles. The Hall–Kier alpha value is -3.01. The van der Waals surface area contributed by atoms with E-state index < -0.39 is 0 Å². The lowest BCUT2D eigenvalue weighted by Crippen LogP contribution is -2.44. The molecular weight excluding hydrogens is 472 g/mol. The second kappa shape index (κ2) is 9.80. The van der Waals surface area contributed by atoms with Gasteiger partial charge in [0.15, 0.2) is 11.6 Å². The van der Waals surface area contributed by atoms with E-state index in [2.05, 4.69) is 45.1 Å². The Balaban J connectivity index is 1.32. The van der Waals surface area contributed by atoms with Crippen LogP contribution in [0, 0.1) is 0 Å². The zero-order valence-corrected chi connectivity index (χ0v) is 21.7. The molecule has 0 atom stereocenters. The summed E-state index contributed by atoms with van der Waals surface area (Å²) in [6.45, 7) is 7.67. The number of carbonyl (C=O) groups excluding carboxylic acids is 1. The van der Waals surface area contributed by atoms with Gasteiger partial charge in [-0.05, 0) is 31.0 Å². The maximum absolute atomic E-state index is 11.8. The minimum Gasteiger partial charge on any atom is -0.378 e. The molecule has 4 aromatic rings. The number of rotatable bonds is 5. The predicted molar refractivity (Wildman–Crippen MR) is 144 cm³/mol. The number of fused-ring (bicyclic) bond motifs is 2. The van der Waals surface area contributed by atoms with E-state index in [1.165, 1.54) is 4.88 Å². The van der Waals surface area contributed by atoms with Gasteiger partial charge < -0.3 is 19.5 Å². The van der Waals surface area contributed by atoms with E-state index in [-0.39, 0.29) is 5.91 Å². The molecule has 5 heterocycles. The number of aromatic nitrogens is 3. The predicted octanol–water partition coefficient (Wildman–Crippen LogP) is 4.12. The molecule has 2 fully saturated rings. The number of anilines is 1. The first kappa shape index (κ1) is 23.4. The summed E-state index contributed by atoms with van der Waals surface area (Å²) in [6, 6.07) is 10.9. The monoisotopic (exact) mass is 504 g/mol. The Morgan fingerprint density at radius 1 is 1.17 bits per heavy atom. The maximum atomic E-state index is 11.8. The molecule has 2 aliphatic rings. The summed E-state index contributed by atoms with van der Waals surface area (Å²) in [6.07, 6.45) is 4.00. The third-order valence-electron chi connectivity index (χ3n) is 7.53. The van der Waals surface area contributed by atoms with Crippen molar-refractivity contribution in [3.63, 3.8) is 0 Å². The lowest BCUT2D eigenvalue weighted by atomic mass is 10.0. The van der Waals surface area contributed by atoms with E-state index in [4.69, 9.17) is 14.7 Å². The van der Waals surface area contributed by atoms with Crippen LogP contribution in [0.4, 0.5) is 5.82 Å². The number of ether oxygens (including phenoxy) is 1. The number of morpholine rings is 1. The number of thiophene rings is 1. The van der Waals surface area contributed by atoms with Gasteiger partial charge in [0, 0.05) is 80.3 Å². The van der Waals surface area contributed by atoms with Gasteiger partial charge in [0.2, 0.25) is 5.91 Å². The third kappa shape index (κ3) is 4.47. The first-order valence-electron chi connectivity index (χ1n) is 12.7. The molecule has 0 spiro atoms. The number of hydrogen-bond acceptors (Lipinski definition) is 7. The van der Waals surface area contributed by atoms with E-state index in [1.54, 1.807) is 6.92 Å². The number of amides is 1. The molecule has 2 aliphatic heterocycles. The molecule has 188 valence electrons. The highest BCUT2D eigenvalue weighted by atomic mass is 32.1. The average molecular weight is 505 g/mol. The van der Waals surface area contributed by atoms with Gasteiger partial charge in [0.1, 0.15) is 0 Å². The molecule has 3 aromatic heterocycles. The molecule has 36 heavy (non-hydrogen) atoms. The number of aromatic amines is 1. The highest BCUT2D eigenvalue weighted by Crippen LogP contribution is 2.36. The standard InChI is InChI=1S/C27H32N6O2S/c1-18(34)31(2)19-7-10-32(11-8-19)17-20-16-24-25(36-20)27(33-12-14-35-15-13-33)30-26(29-24)22-4-3-5-23-21(22)6-9-28-23/h3-6,9,16,19,28H,7-8,10-15,17H2,1-2H3. The van der Waals surface area contributed by atoms with Gasteiger partial charge in [0.05, 0.1) is 23.4 Å². The summed E-state index contributed by atoms with van der Waals surface area (Å²) < 4.78 is 6.78. The normalized spacial score (nSPS) is 17.8. The fourth-order valence-corrected chi connectivity index (χ4v) is 6.53. The van der Waals surface area contributed by atoms with Crippen LogP contribution in [-0.4, -0.2) is 83.1 Å². The fourth-order valence-electron chi connectivity index (χ4n) is 5.37. The number of hydrogen-bond donors (Lipinski definition) is 1. The summed E-state index contributed by atoms with van der Waals surface area (Å²) in [4.78, 5) is 33.3. The molecule has 6 rings (SSSR count). The van der Waals surface area contributed by atoms with Crippen molar-refractivity contribution >= 4 is 44.2 Å². The quantitative estimate of drug-likeness (QED) is 0.441. The maximum Gasteiger partial charge on any atom is 0.219 e. The van der Waals surface area contributed by atoms with Crippen molar-refractivity contribution in [1.29, 1.82) is 0 Å². The van der Waals surface area contributed by atoms with Crippen LogP contribution in [-0.2, 0) is 16.1 Å². The first-order chi connectivity index (χ1) is 17.6. The Kier molecular flexibility index (Phi) is 6.37. The van der Waals surface area contributed by atoms with Crippen LogP contribution in [0.2, 0.25) is 0 Å². The summed E-state index contributed by atoms with van der Waals surface area (Å²) in [5.41, 5.74) is 3.16. The molecule has 0 aliphatic carbocycles. The van der Waals surface area contributed by atoms with Crippen molar-refractivity contribution in [1.82, 2.24) is 24.8 Å². The molecule has 8 nitrogen and oxygen atoms in total. The summed E-state index contributed by atoms with van der Waals surface area (Å²) in [5, 5.41) is 1.14. The van der Waals surface area contributed by atoms with Gasteiger partial charge in [-0.15, -0.1) is 11.3 Å². The lowest BCUT2D eigenvalue weighted by molar-refractivity contribution is -0.130. The van der Waals surface area contributed by atoms with Crippen LogP contribution < -0.4 is 4.90 Å². The minimum atomic E-state index is 0.151. The van der Waals surface area contributed by atoms with Gasteiger partial charge in [0.25, 0.3) is 0 Å². The molecule has 2 saturated heterocycles. The van der Waals surface area contributed by atoms with Gasteiger partial charge in [-0.1, -0.05) is 12.1 Å². The SMILES string of the molecule is CC(=O)N(C)C1CCN(Cc2cc3nc(-c4cccc5[nH]ccc45)nc(N4CCOCC4)c3s2)CC1. The Labute approximate surface area is 214 Å². The number of nitrogens with one attached hydrogen (secondary N) is 1. The summed E-state index contributed by atoms with van der Waals surface area (Å²) in [5.74, 6) is 1.94. The minimum absolute atomic E-state index is 0.151. The number of likely N-dealkylation sites (tertiary alicyclic amines) is 1. The second-order valence-electron chi connectivity index (χ2n) is 9.78. The van der Waals surface area contributed by atoms with Gasteiger partial charge >= 0.3 is 0 Å². The number of benzene rings is 1. The highest BCUT2D eigenvalue weighted by Gasteiger charge is 2.25. The number of carbonyl (C=O) groups is 1. The van der Waals surface area contributed by atoms with Crippen LogP contribution in [0.15, 0.2) is 36.5 Å². The molecule has 0 bridgehead atoms. The average Bonchev–Trinajstić information content (AvgIpc) is 3.55. The van der Waals surface area contributed by atoms with E-state index in [1.807, 2.05) is 29.5 Å². The van der Waals surface area contributed by atoms with E-state index in [0.717, 1.165) is 97.1 Å². The summed E-state index contributed by atoms with van der Waals surface area (Å²) in [7, 11) is 1.92. The molecule has 9 heteroatoms. The number of H-pyrrole nitrogens is 1. The van der Waals surface area contributed by atoms with Crippen molar-refractivity contribution in [2.75, 3.05) is 51.3 Å². The van der Waals surface area contributed by atoms with E-state index >= 15 is 0 Å². The molecule has 0 radical (unpaired) electrons. The Morgan fingerprint density at radius 3 is 2.75 bits per heavy atom. The van der Waals surface area contributed by atoms with Crippen LogP contribution >= 0.6 is 11.3 Å².